The lowest BCUT2D eigenvalue weighted by atomic mass is 10.1. The maximum atomic E-state index is 13.0. The topological polar surface area (TPSA) is 66.6 Å². The van der Waals surface area contributed by atoms with Gasteiger partial charge in [-0.15, -0.1) is 5.10 Å². The Labute approximate surface area is 183 Å². The molecule has 0 N–H and O–H groups in total. The van der Waals surface area contributed by atoms with Gasteiger partial charge in [0, 0.05) is 49.7 Å². The van der Waals surface area contributed by atoms with Gasteiger partial charge in [-0.2, -0.15) is 18.2 Å². The molecule has 10 heteroatoms. The van der Waals surface area contributed by atoms with E-state index in [9.17, 15) is 18.0 Å². The van der Waals surface area contributed by atoms with Crippen LogP contribution in [-0.2, 0) is 17.4 Å². The lowest BCUT2D eigenvalue weighted by Gasteiger charge is -2.36. The maximum Gasteiger partial charge on any atom is 0.453 e. The highest BCUT2D eigenvalue weighted by molar-refractivity contribution is 5.77. The molecule has 0 saturated carbocycles. The number of carbonyl (C=O) groups is 1. The van der Waals surface area contributed by atoms with Gasteiger partial charge >= 0.3 is 6.18 Å². The van der Waals surface area contributed by atoms with E-state index in [1.54, 1.807) is 13.8 Å². The van der Waals surface area contributed by atoms with E-state index in [1.807, 2.05) is 11.0 Å². The highest BCUT2D eigenvalue weighted by atomic mass is 19.4. The van der Waals surface area contributed by atoms with Gasteiger partial charge in [-0.3, -0.25) is 4.79 Å². The first kappa shape index (κ1) is 22.0. The van der Waals surface area contributed by atoms with Gasteiger partial charge in [0.05, 0.1) is 0 Å². The third-order valence-electron chi connectivity index (χ3n) is 5.89. The number of amides is 1. The van der Waals surface area contributed by atoms with Crippen molar-refractivity contribution in [3.05, 3.63) is 52.6 Å². The van der Waals surface area contributed by atoms with Crippen molar-refractivity contribution in [2.75, 3.05) is 31.1 Å². The second-order valence-corrected chi connectivity index (χ2v) is 8.11. The zero-order valence-electron chi connectivity index (χ0n) is 18.3. The van der Waals surface area contributed by atoms with Crippen LogP contribution in [0.15, 0.2) is 24.3 Å². The number of halogens is 3. The summed E-state index contributed by atoms with van der Waals surface area (Å²) < 4.78 is 40.0. The summed E-state index contributed by atoms with van der Waals surface area (Å²) in [6.07, 6.45) is -3.98. The van der Waals surface area contributed by atoms with E-state index in [-0.39, 0.29) is 18.1 Å². The number of anilines is 1. The lowest BCUT2D eigenvalue weighted by Crippen LogP contribution is -2.48. The van der Waals surface area contributed by atoms with E-state index in [1.165, 1.54) is 5.56 Å². The number of piperazine rings is 1. The van der Waals surface area contributed by atoms with Crippen LogP contribution in [0.25, 0.3) is 5.78 Å². The van der Waals surface area contributed by atoms with Gasteiger partial charge in [0.2, 0.25) is 5.91 Å². The average molecular weight is 446 g/mol. The number of nitrogens with zero attached hydrogens (tertiary/aromatic N) is 6. The summed E-state index contributed by atoms with van der Waals surface area (Å²) >= 11 is 0. The highest BCUT2D eigenvalue weighted by Gasteiger charge is 2.37. The third-order valence-corrected chi connectivity index (χ3v) is 5.89. The molecule has 1 amide bonds. The largest absolute Gasteiger partial charge is 0.453 e. The molecule has 1 fully saturated rings. The van der Waals surface area contributed by atoms with E-state index in [0.29, 0.717) is 30.9 Å². The number of aromatic nitrogens is 4. The smallest absolute Gasteiger partial charge is 0.368 e. The summed E-state index contributed by atoms with van der Waals surface area (Å²) in [5.74, 6) is -1.27. The molecule has 0 spiro atoms. The molecule has 0 atom stereocenters. The minimum atomic E-state index is -4.63. The van der Waals surface area contributed by atoms with Crippen LogP contribution in [0.4, 0.5) is 18.9 Å². The van der Waals surface area contributed by atoms with Crippen LogP contribution < -0.4 is 4.90 Å². The molecule has 3 aromatic rings. The van der Waals surface area contributed by atoms with Crippen molar-refractivity contribution in [1.29, 1.82) is 0 Å². The average Bonchev–Trinajstić information content (AvgIpc) is 3.18. The fraction of sp³-hybridized carbons (Fsp3) is 0.455. The number of alkyl halides is 3. The molecule has 1 aliphatic rings. The van der Waals surface area contributed by atoms with E-state index in [0.717, 1.165) is 28.9 Å². The van der Waals surface area contributed by atoms with Gasteiger partial charge in [0.15, 0.2) is 0 Å². The van der Waals surface area contributed by atoms with Crippen molar-refractivity contribution in [3.63, 3.8) is 0 Å². The summed E-state index contributed by atoms with van der Waals surface area (Å²) in [5, 5.41) is 3.56. The molecule has 1 saturated heterocycles. The Morgan fingerprint density at radius 3 is 2.44 bits per heavy atom. The summed E-state index contributed by atoms with van der Waals surface area (Å²) in [6, 6.07) is 8.31. The monoisotopic (exact) mass is 446 g/mol. The molecule has 1 aliphatic heterocycles. The fourth-order valence-electron chi connectivity index (χ4n) is 4.12. The van der Waals surface area contributed by atoms with Gasteiger partial charge < -0.3 is 9.80 Å². The SMILES string of the molecule is Cc1cccc(N2CCN(C(=O)CCc3c(C)nc4nc(C(F)(F)F)nn4c3C)CC2)c1. The number of benzene rings is 1. The summed E-state index contributed by atoms with van der Waals surface area (Å²) in [6.45, 7) is 8.26. The van der Waals surface area contributed by atoms with Gasteiger partial charge in [0.1, 0.15) is 0 Å². The Balaban J connectivity index is 1.41. The molecule has 32 heavy (non-hydrogen) atoms. The zero-order valence-corrected chi connectivity index (χ0v) is 18.3. The van der Waals surface area contributed by atoms with Gasteiger partial charge in [0.25, 0.3) is 11.6 Å². The van der Waals surface area contributed by atoms with Crippen LogP contribution in [0.1, 0.15) is 34.8 Å². The molecule has 3 heterocycles. The van der Waals surface area contributed by atoms with E-state index in [4.69, 9.17) is 0 Å². The quantitative estimate of drug-likeness (QED) is 0.615. The summed E-state index contributed by atoms with van der Waals surface area (Å²) in [5.41, 5.74) is 4.17. The Kier molecular flexibility index (Phi) is 5.79. The first-order valence-corrected chi connectivity index (χ1v) is 10.5. The van der Waals surface area contributed by atoms with E-state index in [2.05, 4.69) is 45.1 Å². The molecule has 170 valence electrons. The Morgan fingerprint density at radius 1 is 1.06 bits per heavy atom. The van der Waals surface area contributed by atoms with Crippen molar-refractivity contribution in [2.24, 2.45) is 0 Å². The maximum absolute atomic E-state index is 13.0. The van der Waals surface area contributed by atoms with Crippen molar-refractivity contribution in [2.45, 2.75) is 39.8 Å². The molecular formula is C22H25F3N6O. The molecule has 0 radical (unpaired) electrons. The molecule has 7 nitrogen and oxygen atoms in total. The first-order valence-electron chi connectivity index (χ1n) is 10.5. The van der Waals surface area contributed by atoms with Crippen LogP contribution >= 0.6 is 0 Å². The normalized spacial score (nSPS) is 14.9. The third kappa shape index (κ3) is 4.39. The molecule has 0 aliphatic carbocycles. The Hall–Kier alpha value is -3.17. The van der Waals surface area contributed by atoms with Crippen LogP contribution in [0.2, 0.25) is 0 Å². The predicted octanol–water partition coefficient (Wildman–Crippen LogP) is 3.35. The van der Waals surface area contributed by atoms with E-state index >= 15 is 0 Å². The van der Waals surface area contributed by atoms with Crippen molar-refractivity contribution in [1.82, 2.24) is 24.5 Å². The Morgan fingerprint density at radius 2 is 1.78 bits per heavy atom. The van der Waals surface area contributed by atoms with Crippen LogP contribution in [-0.4, -0.2) is 56.6 Å². The second kappa shape index (κ2) is 8.40. The summed E-state index contributed by atoms with van der Waals surface area (Å²) in [4.78, 5) is 24.6. The van der Waals surface area contributed by atoms with Gasteiger partial charge in [-0.25, -0.2) is 9.50 Å². The fourth-order valence-corrected chi connectivity index (χ4v) is 4.12. The molecular weight excluding hydrogens is 421 g/mol. The number of hydrogen-bond donors (Lipinski definition) is 0. The van der Waals surface area contributed by atoms with Crippen molar-refractivity contribution >= 4 is 17.4 Å². The number of rotatable bonds is 4. The first-order chi connectivity index (χ1) is 15.1. The zero-order chi connectivity index (χ0) is 23.0. The number of fused-ring (bicyclic) bond motifs is 1. The minimum absolute atomic E-state index is 0.0300. The molecule has 0 bridgehead atoms. The molecule has 4 rings (SSSR count). The minimum Gasteiger partial charge on any atom is -0.368 e. The number of aryl methyl sites for hydroxylation is 3. The second-order valence-electron chi connectivity index (χ2n) is 8.11. The number of carbonyl (C=O) groups excluding carboxylic acids is 1. The van der Waals surface area contributed by atoms with Crippen LogP contribution in [0.3, 0.4) is 0 Å². The number of hydrogen-bond acceptors (Lipinski definition) is 5. The standard InChI is InChI=1S/C22H25F3N6O/c1-14-5-4-6-17(13-14)29-9-11-30(12-10-29)19(32)8-7-18-15(2)26-21-27-20(22(23,24)25)28-31(21)16(18)3/h4-6,13H,7-12H2,1-3H3. The highest BCUT2D eigenvalue weighted by Crippen LogP contribution is 2.27. The molecule has 0 unspecified atom stereocenters. The summed E-state index contributed by atoms with van der Waals surface area (Å²) in [7, 11) is 0. The van der Waals surface area contributed by atoms with E-state index < -0.39 is 12.0 Å². The Bertz CT molecular complexity index is 1150. The van der Waals surface area contributed by atoms with Gasteiger partial charge in [-0.05, 0) is 50.5 Å². The van der Waals surface area contributed by atoms with Gasteiger partial charge in [-0.1, -0.05) is 12.1 Å². The van der Waals surface area contributed by atoms with Crippen LogP contribution in [0, 0.1) is 20.8 Å². The molecule has 1 aromatic carbocycles. The molecule has 2 aromatic heterocycles. The van der Waals surface area contributed by atoms with Crippen molar-refractivity contribution < 1.29 is 18.0 Å². The predicted molar refractivity (Wildman–Crippen MR) is 114 cm³/mol. The van der Waals surface area contributed by atoms with Crippen molar-refractivity contribution in [3.8, 4) is 0 Å². The van der Waals surface area contributed by atoms with Crippen LogP contribution in [0.5, 0.6) is 0 Å². The lowest BCUT2D eigenvalue weighted by molar-refractivity contribution is -0.144.